The summed E-state index contributed by atoms with van der Waals surface area (Å²) in [6.45, 7) is 6.48. The highest BCUT2D eigenvalue weighted by Crippen LogP contribution is 2.16. The van der Waals surface area contributed by atoms with Crippen molar-refractivity contribution in [2.45, 2.75) is 290 Å². The van der Waals surface area contributed by atoms with Crippen LogP contribution in [0.3, 0.4) is 0 Å². The first-order valence-electron chi connectivity index (χ1n) is 29.6. The molecule has 0 N–H and O–H groups in total. The van der Waals surface area contributed by atoms with Crippen LogP contribution in [0.5, 0.6) is 0 Å². The van der Waals surface area contributed by atoms with Gasteiger partial charge >= 0.3 is 17.9 Å². The van der Waals surface area contributed by atoms with Crippen molar-refractivity contribution >= 4 is 17.9 Å². The molecule has 0 aromatic heterocycles. The van der Waals surface area contributed by atoms with E-state index in [4.69, 9.17) is 14.2 Å². The van der Waals surface area contributed by atoms with Gasteiger partial charge in [-0.1, -0.05) is 254 Å². The van der Waals surface area contributed by atoms with Gasteiger partial charge in [0.05, 0.1) is 0 Å². The molecule has 0 saturated heterocycles. The summed E-state index contributed by atoms with van der Waals surface area (Å²) in [5.74, 6) is -0.928. The Balaban J connectivity index is 4.44. The number of ether oxygens (including phenoxy) is 3. The maximum absolute atomic E-state index is 12.9. The fourth-order valence-corrected chi connectivity index (χ4v) is 8.21. The van der Waals surface area contributed by atoms with Crippen LogP contribution in [0.15, 0.2) is 85.1 Å². The molecule has 6 heteroatoms. The van der Waals surface area contributed by atoms with Crippen molar-refractivity contribution in [1.29, 1.82) is 0 Å². The zero-order valence-electron chi connectivity index (χ0n) is 46.0. The summed E-state index contributed by atoms with van der Waals surface area (Å²) >= 11 is 0. The highest BCUT2D eigenvalue weighted by molar-refractivity contribution is 5.71. The largest absolute Gasteiger partial charge is 0.462 e. The summed E-state index contributed by atoms with van der Waals surface area (Å²) in [4.78, 5) is 38.2. The number of esters is 3. The lowest BCUT2D eigenvalue weighted by molar-refractivity contribution is -0.167. The van der Waals surface area contributed by atoms with Crippen LogP contribution in [-0.2, 0) is 28.6 Å². The summed E-state index contributed by atoms with van der Waals surface area (Å²) in [5.41, 5.74) is 0. The quantitative estimate of drug-likeness (QED) is 0.0261. The van der Waals surface area contributed by atoms with Crippen LogP contribution in [0.2, 0.25) is 0 Å². The molecule has 0 fully saturated rings. The molecule has 1 unspecified atom stereocenters. The summed E-state index contributed by atoms with van der Waals surface area (Å²) in [6.07, 6.45) is 75.7. The Morgan fingerprint density at radius 3 is 0.914 bits per heavy atom. The molecule has 70 heavy (non-hydrogen) atoms. The van der Waals surface area contributed by atoms with Gasteiger partial charge in [0.1, 0.15) is 13.2 Å². The number of carbonyl (C=O) groups is 3. The van der Waals surface area contributed by atoms with Crippen LogP contribution in [-0.4, -0.2) is 37.2 Å². The molecule has 0 radical (unpaired) electrons. The molecule has 0 aliphatic rings. The first kappa shape index (κ1) is 66.6. The molecule has 0 aliphatic carbocycles. The zero-order valence-corrected chi connectivity index (χ0v) is 46.0. The van der Waals surface area contributed by atoms with Crippen molar-refractivity contribution in [3.05, 3.63) is 85.1 Å². The maximum Gasteiger partial charge on any atom is 0.306 e. The van der Waals surface area contributed by atoms with Crippen LogP contribution in [0.4, 0.5) is 0 Å². The summed E-state index contributed by atoms with van der Waals surface area (Å²) in [6, 6.07) is 0. The average molecular weight is 976 g/mol. The second-order valence-corrected chi connectivity index (χ2v) is 19.5. The first-order valence-corrected chi connectivity index (χ1v) is 29.6. The van der Waals surface area contributed by atoms with Crippen LogP contribution in [0.1, 0.15) is 284 Å². The fraction of sp³-hybridized carbons (Fsp3) is 0.734. The lowest BCUT2D eigenvalue weighted by Gasteiger charge is -2.18. The minimum Gasteiger partial charge on any atom is -0.462 e. The second-order valence-electron chi connectivity index (χ2n) is 19.5. The SMILES string of the molecule is CC/C=C\C/C=C\C/C=C\C/C=C\C/C=C\CCCCCC(=O)OCC(COC(=O)CCCCCCC/C=C\C/C=C\CCCCC)OC(=O)CCCCCCCCCCCCCCCCCCCC. The molecular formula is C64H110O6. The van der Waals surface area contributed by atoms with Gasteiger partial charge in [-0.15, -0.1) is 0 Å². The van der Waals surface area contributed by atoms with Crippen molar-refractivity contribution < 1.29 is 28.6 Å². The highest BCUT2D eigenvalue weighted by Gasteiger charge is 2.19. The molecule has 0 saturated carbocycles. The fourth-order valence-electron chi connectivity index (χ4n) is 8.21. The Kier molecular flexibility index (Phi) is 55.3. The van der Waals surface area contributed by atoms with Crippen LogP contribution in [0, 0.1) is 0 Å². The van der Waals surface area contributed by atoms with E-state index in [-0.39, 0.29) is 31.1 Å². The van der Waals surface area contributed by atoms with Crippen LogP contribution < -0.4 is 0 Å². The Labute approximate surface area is 433 Å². The molecule has 0 aliphatic heterocycles. The Morgan fingerprint density at radius 2 is 0.557 bits per heavy atom. The molecule has 0 bridgehead atoms. The second kappa shape index (κ2) is 58.2. The molecule has 0 spiro atoms. The average Bonchev–Trinajstić information content (AvgIpc) is 3.36. The van der Waals surface area contributed by atoms with Gasteiger partial charge in [0, 0.05) is 19.3 Å². The van der Waals surface area contributed by atoms with E-state index in [1.165, 1.54) is 122 Å². The smallest absolute Gasteiger partial charge is 0.306 e. The Morgan fingerprint density at radius 1 is 0.300 bits per heavy atom. The highest BCUT2D eigenvalue weighted by atomic mass is 16.6. The van der Waals surface area contributed by atoms with Gasteiger partial charge in [0.25, 0.3) is 0 Å². The van der Waals surface area contributed by atoms with Gasteiger partial charge in [-0.05, 0) is 96.3 Å². The molecule has 0 rings (SSSR count). The number of hydrogen-bond acceptors (Lipinski definition) is 6. The van der Waals surface area contributed by atoms with Gasteiger partial charge < -0.3 is 14.2 Å². The molecule has 0 aromatic carbocycles. The first-order chi connectivity index (χ1) is 34.5. The standard InChI is InChI=1S/C64H110O6/c1-4-7-10-13-16-19-22-25-28-30-32-34-36-39-42-45-48-51-54-57-63(66)69-60-61(59-68-62(65)56-53-50-47-44-41-38-35-27-24-21-18-15-12-9-6-3)70-64(67)58-55-52-49-46-43-40-37-33-31-29-26-23-20-17-14-11-8-5-2/h7,10,16,18-19,21,25,27-28,32,34-35,39,42,61H,4-6,8-9,11-15,17,20,22-24,26,29-31,33,36-38,40-41,43-60H2,1-3H3/b10-7-,19-16-,21-18-,28-25-,34-32-,35-27-,42-39-. The third kappa shape index (κ3) is 55.5. The van der Waals surface area contributed by atoms with Crippen molar-refractivity contribution in [2.24, 2.45) is 0 Å². The molecule has 0 heterocycles. The van der Waals surface area contributed by atoms with E-state index >= 15 is 0 Å². The number of carbonyl (C=O) groups excluding carboxylic acids is 3. The van der Waals surface area contributed by atoms with E-state index in [0.717, 1.165) is 122 Å². The van der Waals surface area contributed by atoms with Gasteiger partial charge in [-0.25, -0.2) is 0 Å². The zero-order chi connectivity index (χ0) is 50.7. The summed E-state index contributed by atoms with van der Waals surface area (Å²) < 4.78 is 16.9. The monoisotopic (exact) mass is 975 g/mol. The molecule has 6 nitrogen and oxygen atoms in total. The van der Waals surface area contributed by atoms with Gasteiger partial charge in [0.2, 0.25) is 0 Å². The molecule has 402 valence electrons. The topological polar surface area (TPSA) is 78.9 Å². The number of unbranched alkanes of at least 4 members (excludes halogenated alkanes) is 28. The van der Waals surface area contributed by atoms with Crippen molar-refractivity contribution in [3.8, 4) is 0 Å². The lowest BCUT2D eigenvalue weighted by Crippen LogP contribution is -2.30. The molecular weight excluding hydrogens is 865 g/mol. The van der Waals surface area contributed by atoms with Crippen molar-refractivity contribution in [3.63, 3.8) is 0 Å². The van der Waals surface area contributed by atoms with E-state index in [2.05, 4.69) is 106 Å². The van der Waals surface area contributed by atoms with Crippen molar-refractivity contribution in [1.82, 2.24) is 0 Å². The molecule has 1 atom stereocenters. The molecule has 0 amide bonds. The van der Waals surface area contributed by atoms with Gasteiger partial charge in [-0.2, -0.15) is 0 Å². The summed E-state index contributed by atoms with van der Waals surface area (Å²) in [5, 5.41) is 0. The maximum atomic E-state index is 12.9. The van der Waals surface area contributed by atoms with E-state index in [1.807, 2.05) is 0 Å². The predicted octanol–water partition coefficient (Wildman–Crippen LogP) is 19.9. The normalized spacial score (nSPS) is 12.7. The Bertz CT molecular complexity index is 1350. The summed E-state index contributed by atoms with van der Waals surface area (Å²) in [7, 11) is 0. The lowest BCUT2D eigenvalue weighted by atomic mass is 10.0. The van der Waals surface area contributed by atoms with E-state index in [0.29, 0.717) is 19.3 Å². The van der Waals surface area contributed by atoms with E-state index in [9.17, 15) is 14.4 Å². The number of allylic oxidation sites excluding steroid dienone is 14. The van der Waals surface area contributed by atoms with Gasteiger partial charge in [-0.3, -0.25) is 14.4 Å². The third-order valence-corrected chi connectivity index (χ3v) is 12.6. The van der Waals surface area contributed by atoms with Crippen LogP contribution >= 0.6 is 0 Å². The third-order valence-electron chi connectivity index (χ3n) is 12.6. The minimum atomic E-state index is -0.795. The number of rotatable bonds is 53. The van der Waals surface area contributed by atoms with E-state index < -0.39 is 6.10 Å². The molecule has 0 aromatic rings. The predicted molar refractivity (Wildman–Crippen MR) is 302 cm³/mol. The van der Waals surface area contributed by atoms with Gasteiger partial charge in [0.15, 0.2) is 6.10 Å². The Hall–Kier alpha value is -3.41. The minimum absolute atomic E-state index is 0.0928. The van der Waals surface area contributed by atoms with E-state index in [1.54, 1.807) is 0 Å². The van der Waals surface area contributed by atoms with Crippen molar-refractivity contribution in [2.75, 3.05) is 13.2 Å². The van der Waals surface area contributed by atoms with Crippen LogP contribution in [0.25, 0.3) is 0 Å². The number of hydrogen-bond donors (Lipinski definition) is 0.